The first-order valence-corrected chi connectivity index (χ1v) is 7.11. The standard InChI is InChI=1S/C15H20N4O/c1-17-6-4-8-18(10-9-17)15(20)11-13-12-19-7-3-2-5-14(19)16-13/h2-3,5,7,12H,4,6,8-11H2,1H3. The van der Waals surface area contributed by atoms with Gasteiger partial charge in [0.25, 0.3) is 0 Å². The van der Waals surface area contributed by atoms with E-state index in [0.29, 0.717) is 6.42 Å². The van der Waals surface area contributed by atoms with Crippen molar-refractivity contribution in [2.75, 3.05) is 33.2 Å². The summed E-state index contributed by atoms with van der Waals surface area (Å²) in [6, 6.07) is 5.87. The minimum Gasteiger partial charge on any atom is -0.341 e. The predicted molar refractivity (Wildman–Crippen MR) is 77.6 cm³/mol. The number of hydrogen-bond donors (Lipinski definition) is 0. The number of pyridine rings is 1. The fraction of sp³-hybridized carbons (Fsp3) is 0.467. The molecule has 1 aliphatic heterocycles. The third-order valence-electron chi connectivity index (χ3n) is 3.82. The van der Waals surface area contributed by atoms with E-state index >= 15 is 0 Å². The highest BCUT2D eigenvalue weighted by Gasteiger charge is 2.18. The Morgan fingerprint density at radius 1 is 1.25 bits per heavy atom. The Hall–Kier alpha value is -1.88. The molecule has 0 unspecified atom stereocenters. The van der Waals surface area contributed by atoms with Crippen molar-refractivity contribution in [3.63, 3.8) is 0 Å². The third-order valence-corrected chi connectivity index (χ3v) is 3.82. The monoisotopic (exact) mass is 272 g/mol. The van der Waals surface area contributed by atoms with E-state index in [1.807, 2.05) is 39.9 Å². The molecule has 1 saturated heterocycles. The van der Waals surface area contributed by atoms with Gasteiger partial charge in [0.2, 0.25) is 5.91 Å². The van der Waals surface area contributed by atoms with Gasteiger partial charge in [-0.2, -0.15) is 0 Å². The van der Waals surface area contributed by atoms with Crippen molar-refractivity contribution in [2.24, 2.45) is 0 Å². The van der Waals surface area contributed by atoms with Crippen molar-refractivity contribution in [1.82, 2.24) is 19.2 Å². The molecule has 2 aromatic rings. The molecule has 0 aromatic carbocycles. The zero-order valence-electron chi connectivity index (χ0n) is 11.8. The Kier molecular flexibility index (Phi) is 3.69. The van der Waals surface area contributed by atoms with Crippen LogP contribution >= 0.6 is 0 Å². The maximum Gasteiger partial charge on any atom is 0.228 e. The van der Waals surface area contributed by atoms with Crippen molar-refractivity contribution in [3.8, 4) is 0 Å². The van der Waals surface area contributed by atoms with Gasteiger partial charge >= 0.3 is 0 Å². The summed E-state index contributed by atoms with van der Waals surface area (Å²) in [6.45, 7) is 3.70. The van der Waals surface area contributed by atoms with Gasteiger partial charge in [0.1, 0.15) is 5.65 Å². The second kappa shape index (κ2) is 5.63. The molecule has 0 N–H and O–H groups in total. The van der Waals surface area contributed by atoms with Gasteiger partial charge in [-0.15, -0.1) is 0 Å². The van der Waals surface area contributed by atoms with Gasteiger partial charge in [-0.1, -0.05) is 6.07 Å². The Morgan fingerprint density at radius 2 is 2.15 bits per heavy atom. The molecule has 1 amide bonds. The molecule has 5 heteroatoms. The van der Waals surface area contributed by atoms with Gasteiger partial charge in [-0.25, -0.2) is 4.98 Å². The van der Waals surface area contributed by atoms with Crippen molar-refractivity contribution in [3.05, 3.63) is 36.3 Å². The predicted octanol–water partition coefficient (Wildman–Crippen LogP) is 1.04. The molecule has 0 aliphatic carbocycles. The van der Waals surface area contributed by atoms with Gasteiger partial charge in [0.05, 0.1) is 12.1 Å². The number of amides is 1. The van der Waals surface area contributed by atoms with E-state index in [9.17, 15) is 4.79 Å². The summed E-state index contributed by atoms with van der Waals surface area (Å²) in [5, 5.41) is 0. The summed E-state index contributed by atoms with van der Waals surface area (Å²) in [6.07, 6.45) is 5.34. The highest BCUT2D eigenvalue weighted by Crippen LogP contribution is 2.08. The number of rotatable bonds is 2. The summed E-state index contributed by atoms with van der Waals surface area (Å²) in [7, 11) is 2.11. The summed E-state index contributed by atoms with van der Waals surface area (Å²) in [4.78, 5) is 21.1. The minimum atomic E-state index is 0.184. The number of nitrogens with zero attached hydrogens (tertiary/aromatic N) is 4. The fourth-order valence-electron chi connectivity index (χ4n) is 2.64. The average molecular weight is 272 g/mol. The Bertz CT molecular complexity index is 574. The molecule has 20 heavy (non-hydrogen) atoms. The normalized spacial score (nSPS) is 17.4. The second-order valence-electron chi connectivity index (χ2n) is 5.41. The van der Waals surface area contributed by atoms with E-state index in [-0.39, 0.29) is 5.91 Å². The van der Waals surface area contributed by atoms with E-state index < -0.39 is 0 Å². The lowest BCUT2D eigenvalue weighted by molar-refractivity contribution is -0.130. The number of imidazole rings is 1. The van der Waals surface area contributed by atoms with Crippen LogP contribution < -0.4 is 0 Å². The lowest BCUT2D eigenvalue weighted by Crippen LogP contribution is -2.35. The molecular formula is C15H20N4O. The van der Waals surface area contributed by atoms with Crippen LogP contribution in [0.1, 0.15) is 12.1 Å². The Labute approximate surface area is 118 Å². The SMILES string of the molecule is CN1CCCN(C(=O)Cc2cn3ccccc3n2)CC1. The van der Waals surface area contributed by atoms with E-state index in [4.69, 9.17) is 0 Å². The lowest BCUT2D eigenvalue weighted by atomic mass is 10.3. The summed E-state index contributed by atoms with van der Waals surface area (Å²) >= 11 is 0. The molecule has 0 bridgehead atoms. The number of aromatic nitrogens is 2. The molecule has 2 aromatic heterocycles. The lowest BCUT2D eigenvalue weighted by Gasteiger charge is -2.20. The zero-order valence-corrected chi connectivity index (χ0v) is 11.8. The number of likely N-dealkylation sites (N-methyl/N-ethyl adjacent to an activating group) is 1. The Morgan fingerprint density at radius 3 is 3.00 bits per heavy atom. The van der Waals surface area contributed by atoms with Crippen LogP contribution in [0.3, 0.4) is 0 Å². The van der Waals surface area contributed by atoms with Gasteiger partial charge in [-0.3, -0.25) is 4.79 Å². The average Bonchev–Trinajstić information content (AvgIpc) is 2.71. The molecule has 0 spiro atoms. The molecule has 3 heterocycles. The van der Waals surface area contributed by atoms with Gasteiger partial charge in [0, 0.05) is 32.0 Å². The zero-order chi connectivity index (χ0) is 13.9. The maximum absolute atomic E-state index is 12.4. The highest BCUT2D eigenvalue weighted by molar-refractivity contribution is 5.78. The van der Waals surface area contributed by atoms with Crippen molar-refractivity contribution in [2.45, 2.75) is 12.8 Å². The van der Waals surface area contributed by atoms with Gasteiger partial charge in [-0.05, 0) is 32.1 Å². The fourth-order valence-corrected chi connectivity index (χ4v) is 2.64. The van der Waals surface area contributed by atoms with Gasteiger partial charge < -0.3 is 14.2 Å². The van der Waals surface area contributed by atoms with E-state index in [1.54, 1.807) is 0 Å². The van der Waals surface area contributed by atoms with Crippen LogP contribution in [0.2, 0.25) is 0 Å². The van der Waals surface area contributed by atoms with E-state index in [1.165, 1.54) is 0 Å². The van der Waals surface area contributed by atoms with Crippen LogP contribution in [-0.2, 0) is 11.2 Å². The minimum absolute atomic E-state index is 0.184. The van der Waals surface area contributed by atoms with Crippen molar-refractivity contribution >= 4 is 11.6 Å². The number of carbonyl (C=O) groups is 1. The molecule has 1 aliphatic rings. The van der Waals surface area contributed by atoms with Crippen LogP contribution in [0.5, 0.6) is 0 Å². The van der Waals surface area contributed by atoms with E-state index in [0.717, 1.165) is 43.9 Å². The molecule has 1 fully saturated rings. The quantitative estimate of drug-likeness (QED) is 0.820. The number of fused-ring (bicyclic) bond motifs is 1. The third kappa shape index (κ3) is 2.82. The first-order valence-electron chi connectivity index (χ1n) is 7.11. The molecule has 3 rings (SSSR count). The summed E-state index contributed by atoms with van der Waals surface area (Å²) in [5.41, 5.74) is 1.74. The van der Waals surface area contributed by atoms with Crippen LogP contribution in [0.25, 0.3) is 5.65 Å². The molecule has 106 valence electrons. The first kappa shape index (κ1) is 13.1. The van der Waals surface area contributed by atoms with Gasteiger partial charge in [0.15, 0.2) is 0 Å². The topological polar surface area (TPSA) is 40.9 Å². The molecule has 0 radical (unpaired) electrons. The molecule has 0 atom stereocenters. The van der Waals surface area contributed by atoms with Crippen molar-refractivity contribution < 1.29 is 4.79 Å². The largest absolute Gasteiger partial charge is 0.341 e. The second-order valence-corrected chi connectivity index (χ2v) is 5.41. The van der Waals surface area contributed by atoms with Crippen LogP contribution in [0, 0.1) is 0 Å². The van der Waals surface area contributed by atoms with E-state index in [2.05, 4.69) is 16.9 Å². The molecule has 0 saturated carbocycles. The number of carbonyl (C=O) groups excluding carboxylic acids is 1. The molecular weight excluding hydrogens is 252 g/mol. The Balaban J connectivity index is 1.68. The maximum atomic E-state index is 12.4. The number of hydrogen-bond acceptors (Lipinski definition) is 3. The van der Waals surface area contributed by atoms with Crippen molar-refractivity contribution in [1.29, 1.82) is 0 Å². The van der Waals surface area contributed by atoms with Crippen LogP contribution in [0.4, 0.5) is 0 Å². The highest BCUT2D eigenvalue weighted by atomic mass is 16.2. The summed E-state index contributed by atoms with van der Waals surface area (Å²) < 4.78 is 1.96. The van der Waals surface area contributed by atoms with Crippen LogP contribution in [0.15, 0.2) is 30.6 Å². The molecule has 5 nitrogen and oxygen atoms in total. The van der Waals surface area contributed by atoms with Crippen LogP contribution in [-0.4, -0.2) is 58.3 Å². The smallest absolute Gasteiger partial charge is 0.228 e. The first-order chi connectivity index (χ1) is 9.72. The summed E-state index contributed by atoms with van der Waals surface area (Å²) in [5.74, 6) is 0.184.